The molecule has 1 heterocycles. The molecule has 1 aliphatic heterocycles. The molecular weight excluding hydrogens is 386 g/mol. The van der Waals surface area contributed by atoms with Crippen LogP contribution in [0, 0.1) is 0 Å². The van der Waals surface area contributed by atoms with Gasteiger partial charge in [-0.05, 0) is 30.2 Å². The molecule has 31 heavy (non-hydrogen) atoms. The molecule has 1 aliphatic rings. The number of nitrogens with one attached hydrogen (secondary N) is 3. The van der Waals surface area contributed by atoms with Crippen LogP contribution in [0.4, 0.5) is 5.69 Å². The van der Waals surface area contributed by atoms with Crippen LogP contribution >= 0.6 is 0 Å². The quantitative estimate of drug-likeness (QED) is 0.581. The van der Waals surface area contributed by atoms with Gasteiger partial charge in [0.25, 0.3) is 11.8 Å². The Kier molecular flexibility index (Phi) is 6.43. The highest BCUT2D eigenvalue weighted by molar-refractivity contribution is 6.04. The van der Waals surface area contributed by atoms with Crippen molar-refractivity contribution in [3.63, 3.8) is 0 Å². The minimum atomic E-state index is -0.202. The van der Waals surface area contributed by atoms with Crippen LogP contribution in [0.25, 0.3) is 0 Å². The third-order valence-corrected chi connectivity index (χ3v) is 5.81. The first-order valence-electron chi connectivity index (χ1n) is 10.7. The minimum absolute atomic E-state index is 0.0780. The van der Waals surface area contributed by atoms with Crippen molar-refractivity contribution in [2.75, 3.05) is 18.4 Å². The van der Waals surface area contributed by atoms with E-state index in [1.807, 2.05) is 55.5 Å². The number of carbonyl (C=O) groups excluding carboxylic acids is 2. The monoisotopic (exact) mass is 414 g/mol. The third-order valence-electron chi connectivity index (χ3n) is 5.81. The summed E-state index contributed by atoms with van der Waals surface area (Å²) in [5.74, 6) is -0.280. The van der Waals surface area contributed by atoms with Gasteiger partial charge < -0.3 is 15.5 Å². The molecule has 5 heteroatoms. The standard InChI is InChI=1S/C26H27N3O2/c1-19(20-9-3-2-4-10-20)27-26(31)23-13-7-8-14-24(23)28-25(30)18-29-16-15-21-11-5-6-12-22(21)17-29/h2-14,19H,15-18H2,1H3,(H,27,31)(H,28,30)/p+1/t19-/m0/s1. The smallest absolute Gasteiger partial charge is 0.279 e. The van der Waals surface area contributed by atoms with Crippen molar-refractivity contribution in [1.29, 1.82) is 0 Å². The molecule has 0 radical (unpaired) electrons. The normalized spacial score (nSPS) is 16.1. The second kappa shape index (κ2) is 9.58. The number of para-hydroxylation sites is 1. The first-order valence-corrected chi connectivity index (χ1v) is 10.7. The van der Waals surface area contributed by atoms with Gasteiger partial charge in [0.15, 0.2) is 6.54 Å². The molecule has 3 N–H and O–H groups in total. The maximum absolute atomic E-state index is 12.9. The zero-order chi connectivity index (χ0) is 21.6. The largest absolute Gasteiger partial charge is 0.345 e. The molecule has 158 valence electrons. The number of amides is 2. The number of fused-ring (bicyclic) bond motifs is 1. The molecule has 5 nitrogen and oxygen atoms in total. The van der Waals surface area contributed by atoms with Crippen molar-refractivity contribution in [3.8, 4) is 0 Å². The van der Waals surface area contributed by atoms with E-state index in [1.54, 1.807) is 12.1 Å². The van der Waals surface area contributed by atoms with E-state index in [9.17, 15) is 9.59 Å². The molecule has 0 bridgehead atoms. The number of quaternary nitrogens is 1. The molecule has 2 amide bonds. The van der Waals surface area contributed by atoms with Crippen molar-refractivity contribution >= 4 is 17.5 Å². The Morgan fingerprint density at radius 2 is 1.58 bits per heavy atom. The molecular formula is C26H28N3O2+. The molecule has 0 spiro atoms. The number of hydrogen-bond acceptors (Lipinski definition) is 2. The molecule has 0 aromatic heterocycles. The Bertz CT molecular complexity index is 1070. The highest BCUT2D eigenvalue weighted by Gasteiger charge is 2.22. The summed E-state index contributed by atoms with van der Waals surface area (Å²) in [7, 11) is 0. The molecule has 1 unspecified atom stereocenters. The molecule has 0 saturated carbocycles. The zero-order valence-electron chi connectivity index (χ0n) is 17.7. The van der Waals surface area contributed by atoms with Crippen LogP contribution in [-0.2, 0) is 17.8 Å². The van der Waals surface area contributed by atoms with E-state index in [-0.39, 0.29) is 17.9 Å². The van der Waals surface area contributed by atoms with Crippen molar-refractivity contribution in [1.82, 2.24) is 5.32 Å². The van der Waals surface area contributed by atoms with Crippen molar-refractivity contribution in [2.45, 2.75) is 25.9 Å². The van der Waals surface area contributed by atoms with Crippen LogP contribution in [0.5, 0.6) is 0 Å². The van der Waals surface area contributed by atoms with Crippen molar-refractivity contribution in [3.05, 3.63) is 101 Å². The van der Waals surface area contributed by atoms with E-state index in [1.165, 1.54) is 16.0 Å². The molecule has 0 fully saturated rings. The lowest BCUT2D eigenvalue weighted by molar-refractivity contribution is -0.907. The van der Waals surface area contributed by atoms with Crippen LogP contribution in [-0.4, -0.2) is 24.9 Å². The van der Waals surface area contributed by atoms with Gasteiger partial charge in [-0.2, -0.15) is 0 Å². The lowest BCUT2D eigenvalue weighted by atomic mass is 10.00. The fourth-order valence-corrected chi connectivity index (χ4v) is 4.10. The Hall–Kier alpha value is -3.44. The number of rotatable bonds is 6. The Morgan fingerprint density at radius 1 is 0.903 bits per heavy atom. The van der Waals surface area contributed by atoms with Crippen LogP contribution in [0.1, 0.15) is 40.0 Å². The van der Waals surface area contributed by atoms with Gasteiger partial charge in [0.1, 0.15) is 6.54 Å². The fraction of sp³-hybridized carbons (Fsp3) is 0.231. The van der Waals surface area contributed by atoms with Gasteiger partial charge in [-0.3, -0.25) is 9.59 Å². The van der Waals surface area contributed by atoms with Gasteiger partial charge in [0, 0.05) is 12.0 Å². The maximum atomic E-state index is 12.9. The number of benzene rings is 3. The zero-order valence-corrected chi connectivity index (χ0v) is 17.7. The third kappa shape index (κ3) is 5.19. The predicted molar refractivity (Wildman–Crippen MR) is 122 cm³/mol. The van der Waals surface area contributed by atoms with Crippen LogP contribution < -0.4 is 15.5 Å². The number of anilines is 1. The maximum Gasteiger partial charge on any atom is 0.279 e. The van der Waals surface area contributed by atoms with Gasteiger partial charge in [0.05, 0.1) is 23.8 Å². The summed E-state index contributed by atoms with van der Waals surface area (Å²) >= 11 is 0. The van der Waals surface area contributed by atoms with Gasteiger partial charge in [-0.25, -0.2) is 0 Å². The second-order valence-electron chi connectivity index (χ2n) is 8.07. The van der Waals surface area contributed by atoms with Crippen LogP contribution in [0.2, 0.25) is 0 Å². The van der Waals surface area contributed by atoms with Crippen molar-refractivity contribution < 1.29 is 14.5 Å². The topological polar surface area (TPSA) is 62.6 Å². The highest BCUT2D eigenvalue weighted by atomic mass is 16.2. The summed E-state index contributed by atoms with van der Waals surface area (Å²) in [6, 6.07) is 25.3. The summed E-state index contributed by atoms with van der Waals surface area (Å²) in [6.07, 6.45) is 0.981. The van der Waals surface area contributed by atoms with E-state index < -0.39 is 0 Å². The lowest BCUT2D eigenvalue weighted by Crippen LogP contribution is -3.12. The summed E-state index contributed by atoms with van der Waals surface area (Å²) in [6.45, 7) is 4.11. The van der Waals surface area contributed by atoms with Crippen molar-refractivity contribution in [2.24, 2.45) is 0 Å². The average Bonchev–Trinajstić information content (AvgIpc) is 2.79. The summed E-state index contributed by atoms with van der Waals surface area (Å²) < 4.78 is 0. The first-order chi connectivity index (χ1) is 15.1. The van der Waals surface area contributed by atoms with Gasteiger partial charge in [-0.15, -0.1) is 0 Å². The van der Waals surface area contributed by atoms with E-state index in [0.717, 1.165) is 25.1 Å². The number of carbonyl (C=O) groups is 2. The van der Waals surface area contributed by atoms with E-state index >= 15 is 0 Å². The fourth-order valence-electron chi connectivity index (χ4n) is 4.10. The summed E-state index contributed by atoms with van der Waals surface area (Å²) in [4.78, 5) is 26.9. The predicted octanol–water partition coefficient (Wildman–Crippen LogP) is 2.76. The Balaban J connectivity index is 1.39. The molecule has 0 saturated heterocycles. The Morgan fingerprint density at radius 3 is 2.39 bits per heavy atom. The van der Waals surface area contributed by atoms with Gasteiger partial charge in [0.2, 0.25) is 0 Å². The van der Waals surface area contributed by atoms with E-state index in [2.05, 4.69) is 28.8 Å². The minimum Gasteiger partial charge on any atom is -0.345 e. The van der Waals surface area contributed by atoms with E-state index in [4.69, 9.17) is 0 Å². The first kappa shape index (κ1) is 20.8. The summed E-state index contributed by atoms with van der Waals surface area (Å²) in [5.41, 5.74) is 4.73. The molecule has 3 aromatic carbocycles. The molecule has 2 atom stereocenters. The average molecular weight is 415 g/mol. The summed E-state index contributed by atoms with van der Waals surface area (Å²) in [5, 5.41) is 5.98. The highest BCUT2D eigenvalue weighted by Crippen LogP contribution is 2.18. The van der Waals surface area contributed by atoms with Crippen LogP contribution in [0.15, 0.2) is 78.9 Å². The lowest BCUT2D eigenvalue weighted by Gasteiger charge is -2.25. The molecule has 0 aliphatic carbocycles. The Labute approximate surface area is 183 Å². The van der Waals surface area contributed by atoms with Gasteiger partial charge >= 0.3 is 0 Å². The van der Waals surface area contributed by atoms with Gasteiger partial charge in [-0.1, -0.05) is 66.7 Å². The second-order valence-corrected chi connectivity index (χ2v) is 8.07. The number of hydrogen-bond donors (Lipinski definition) is 3. The van der Waals surface area contributed by atoms with E-state index in [0.29, 0.717) is 17.8 Å². The molecule has 4 rings (SSSR count). The molecule has 3 aromatic rings. The SMILES string of the molecule is C[C@H](NC(=O)c1ccccc1NC(=O)C[NH+]1CCc2ccccc2C1)c1ccccc1. The van der Waals surface area contributed by atoms with Crippen LogP contribution in [0.3, 0.4) is 0 Å².